The fourth-order valence-electron chi connectivity index (χ4n) is 3.55. The van der Waals surface area contributed by atoms with Crippen molar-refractivity contribution in [3.63, 3.8) is 0 Å². The van der Waals surface area contributed by atoms with Gasteiger partial charge in [0.2, 0.25) is 0 Å². The highest BCUT2D eigenvalue weighted by atomic mass is 32.1. The van der Waals surface area contributed by atoms with Crippen LogP contribution in [-0.2, 0) is 12.8 Å². The van der Waals surface area contributed by atoms with Crippen molar-refractivity contribution in [3.05, 3.63) is 75.7 Å². The minimum atomic E-state index is -0.853. The quantitative estimate of drug-likeness (QED) is 0.379. The van der Waals surface area contributed by atoms with Crippen LogP contribution in [0.25, 0.3) is 5.69 Å². The van der Waals surface area contributed by atoms with Crippen LogP contribution in [0, 0.1) is 0 Å². The summed E-state index contributed by atoms with van der Waals surface area (Å²) in [7, 11) is 0. The zero-order valence-corrected chi connectivity index (χ0v) is 17.7. The lowest BCUT2D eigenvalue weighted by atomic mass is 10.0. The van der Waals surface area contributed by atoms with Crippen LogP contribution in [-0.4, -0.2) is 20.7 Å². The van der Waals surface area contributed by atoms with E-state index in [1.807, 2.05) is 18.2 Å². The largest absolute Gasteiger partial charge is 0.477 e. The maximum absolute atomic E-state index is 11.0. The molecule has 2 heterocycles. The molecule has 0 saturated heterocycles. The molecule has 0 aliphatic rings. The number of aromatic carboxylic acids is 1. The first-order valence-corrected chi connectivity index (χ1v) is 11.2. The van der Waals surface area contributed by atoms with Gasteiger partial charge in [0, 0.05) is 22.5 Å². The molecule has 0 bridgehead atoms. The summed E-state index contributed by atoms with van der Waals surface area (Å²) in [5, 5.41) is 19.4. The summed E-state index contributed by atoms with van der Waals surface area (Å²) >= 11 is 1.36. The summed E-state index contributed by atoms with van der Waals surface area (Å²) in [4.78, 5) is 12.5. The molecule has 0 spiro atoms. The average molecular weight is 412 g/mol. The van der Waals surface area contributed by atoms with Gasteiger partial charge in [0.25, 0.3) is 0 Å². The van der Waals surface area contributed by atoms with Crippen LogP contribution >= 0.6 is 11.3 Å². The van der Waals surface area contributed by atoms with Gasteiger partial charge in [-0.25, -0.2) is 4.79 Å². The van der Waals surface area contributed by atoms with Gasteiger partial charge in [-0.1, -0.05) is 38.3 Å². The van der Waals surface area contributed by atoms with Gasteiger partial charge in [0.15, 0.2) is 0 Å². The third-order valence-electron chi connectivity index (χ3n) is 5.20. The minimum Gasteiger partial charge on any atom is -0.477 e. The van der Waals surface area contributed by atoms with Gasteiger partial charge in [-0.2, -0.15) is 0 Å². The second-order valence-corrected chi connectivity index (χ2v) is 8.57. The van der Waals surface area contributed by atoms with Crippen LogP contribution in [0.5, 0.6) is 0 Å². The average Bonchev–Trinajstić information content (AvgIpc) is 3.38. The predicted molar refractivity (Wildman–Crippen MR) is 118 cm³/mol. The fraction of sp³-hybridized carbons (Fsp3) is 0.375. The van der Waals surface area contributed by atoms with Crippen LogP contribution in [0.2, 0.25) is 0 Å². The lowest BCUT2D eigenvalue weighted by molar-refractivity contribution is 0.0702. The van der Waals surface area contributed by atoms with Crippen molar-refractivity contribution in [1.82, 2.24) is 4.57 Å². The molecule has 2 N–H and O–H groups in total. The number of carboxylic acid groups (broad SMARTS) is 1. The molecule has 0 amide bonds. The number of unbranched alkanes of at least 4 members (excludes halogenated alkanes) is 2. The number of hydrogen-bond acceptors (Lipinski definition) is 3. The Kier molecular flexibility index (Phi) is 7.67. The van der Waals surface area contributed by atoms with E-state index in [4.69, 9.17) is 5.11 Å². The van der Waals surface area contributed by atoms with Crippen molar-refractivity contribution in [2.45, 2.75) is 58.0 Å². The van der Waals surface area contributed by atoms with E-state index in [2.05, 4.69) is 42.0 Å². The van der Waals surface area contributed by atoms with Crippen molar-refractivity contribution in [1.29, 1.82) is 0 Å². The van der Waals surface area contributed by atoms with Crippen LogP contribution < -0.4 is 0 Å². The van der Waals surface area contributed by atoms with E-state index in [-0.39, 0.29) is 6.10 Å². The highest BCUT2D eigenvalue weighted by Crippen LogP contribution is 2.23. The van der Waals surface area contributed by atoms with E-state index in [1.54, 1.807) is 6.07 Å². The van der Waals surface area contributed by atoms with Gasteiger partial charge in [-0.05, 0) is 67.6 Å². The molecule has 0 aliphatic heterocycles. The molecule has 3 aromatic rings. The van der Waals surface area contributed by atoms with Crippen LogP contribution in [0.4, 0.5) is 0 Å². The van der Waals surface area contributed by atoms with E-state index in [0.29, 0.717) is 4.88 Å². The molecule has 1 aromatic carbocycles. The maximum atomic E-state index is 11.0. The highest BCUT2D eigenvalue weighted by molar-refractivity contribution is 7.13. The summed E-state index contributed by atoms with van der Waals surface area (Å²) in [5.74, 6) is -0.853. The van der Waals surface area contributed by atoms with E-state index in [9.17, 15) is 9.90 Å². The molecule has 0 saturated carbocycles. The Labute approximate surface area is 176 Å². The monoisotopic (exact) mass is 411 g/mol. The molecule has 29 heavy (non-hydrogen) atoms. The molecule has 4 nitrogen and oxygen atoms in total. The molecule has 0 fully saturated rings. The first kappa shape index (κ1) is 21.3. The Morgan fingerprint density at radius 2 is 1.83 bits per heavy atom. The van der Waals surface area contributed by atoms with E-state index < -0.39 is 5.97 Å². The van der Waals surface area contributed by atoms with Crippen molar-refractivity contribution >= 4 is 17.3 Å². The van der Waals surface area contributed by atoms with Gasteiger partial charge >= 0.3 is 5.97 Å². The third kappa shape index (κ3) is 5.81. The number of aryl methyl sites for hydroxylation is 2. The Balaban J connectivity index is 1.58. The fourth-order valence-corrected chi connectivity index (χ4v) is 4.44. The maximum Gasteiger partial charge on any atom is 0.345 e. The summed E-state index contributed by atoms with van der Waals surface area (Å²) in [6.07, 6.45) is 8.64. The lowest BCUT2D eigenvalue weighted by Gasteiger charge is -2.13. The van der Waals surface area contributed by atoms with Gasteiger partial charge in [0.05, 0.1) is 6.10 Å². The topological polar surface area (TPSA) is 62.5 Å². The number of aliphatic hydroxyl groups excluding tert-OH is 1. The number of carbonyl (C=O) groups is 1. The molecule has 1 atom stereocenters. The molecular weight excluding hydrogens is 382 g/mol. The Hall–Kier alpha value is -2.37. The number of aliphatic hydroxyl groups is 1. The van der Waals surface area contributed by atoms with Gasteiger partial charge in [-0.15, -0.1) is 11.3 Å². The van der Waals surface area contributed by atoms with Crippen molar-refractivity contribution in [3.8, 4) is 5.69 Å². The number of nitrogens with zero attached hydrogens (tertiary/aromatic N) is 1. The molecule has 5 heteroatoms. The minimum absolute atomic E-state index is 0.388. The lowest BCUT2D eigenvalue weighted by Crippen LogP contribution is -2.01. The molecule has 3 rings (SSSR count). The zero-order valence-electron chi connectivity index (χ0n) is 16.9. The van der Waals surface area contributed by atoms with Crippen molar-refractivity contribution in [2.75, 3.05) is 0 Å². The molecule has 0 radical (unpaired) electrons. The Morgan fingerprint density at radius 3 is 2.52 bits per heavy atom. The van der Waals surface area contributed by atoms with E-state index >= 15 is 0 Å². The van der Waals surface area contributed by atoms with Gasteiger partial charge in [0.1, 0.15) is 4.88 Å². The number of hydrogen-bond donors (Lipinski definition) is 2. The standard InChI is InChI=1S/C24H29NO3S/c1-2-3-4-10-22(26)18-11-13-20(14-12-18)25-17-6-8-19(25)7-5-9-21-15-16-23(29-21)24(27)28/h6,8,11-17,22,26H,2-5,7,9-10H2,1H3,(H,27,28). The SMILES string of the molecule is CCCCCC(O)c1ccc(-n2cccc2CCCc2ccc(C(=O)O)s2)cc1. The van der Waals surface area contributed by atoms with E-state index in [0.717, 1.165) is 61.1 Å². The summed E-state index contributed by atoms with van der Waals surface area (Å²) in [6, 6.07) is 16.0. The van der Waals surface area contributed by atoms with Crippen LogP contribution in [0.3, 0.4) is 0 Å². The van der Waals surface area contributed by atoms with Crippen molar-refractivity contribution < 1.29 is 15.0 Å². The summed E-state index contributed by atoms with van der Waals surface area (Å²) < 4.78 is 2.18. The van der Waals surface area contributed by atoms with Gasteiger partial charge in [-0.3, -0.25) is 0 Å². The molecule has 0 aliphatic carbocycles. The Bertz CT molecular complexity index is 910. The number of benzene rings is 1. The normalized spacial score (nSPS) is 12.2. The Morgan fingerprint density at radius 1 is 1.03 bits per heavy atom. The number of rotatable bonds is 11. The third-order valence-corrected chi connectivity index (χ3v) is 6.33. The van der Waals surface area contributed by atoms with E-state index in [1.165, 1.54) is 17.0 Å². The van der Waals surface area contributed by atoms with Crippen LogP contribution in [0.15, 0.2) is 54.7 Å². The van der Waals surface area contributed by atoms with Crippen LogP contribution in [0.1, 0.15) is 70.9 Å². The first-order valence-electron chi connectivity index (χ1n) is 10.3. The first-order chi connectivity index (χ1) is 14.1. The van der Waals surface area contributed by atoms with Crippen molar-refractivity contribution in [2.24, 2.45) is 0 Å². The number of thiophene rings is 1. The molecular formula is C24H29NO3S. The number of carboxylic acids is 1. The smallest absolute Gasteiger partial charge is 0.345 e. The molecule has 2 aromatic heterocycles. The highest BCUT2D eigenvalue weighted by Gasteiger charge is 2.10. The second-order valence-electron chi connectivity index (χ2n) is 7.40. The molecule has 1 unspecified atom stereocenters. The molecule has 154 valence electrons. The summed E-state index contributed by atoms with van der Waals surface area (Å²) in [5.41, 5.74) is 3.31. The predicted octanol–water partition coefficient (Wildman–Crippen LogP) is 6.03. The zero-order chi connectivity index (χ0) is 20.6. The number of aromatic nitrogens is 1. The summed E-state index contributed by atoms with van der Waals surface area (Å²) in [6.45, 7) is 2.17. The second kappa shape index (κ2) is 10.4. The van der Waals surface area contributed by atoms with Gasteiger partial charge < -0.3 is 14.8 Å².